The molecule has 0 fully saturated rings. The number of aryl methyl sites for hydroxylation is 1. The smallest absolute Gasteiger partial charge is 0.261 e. The average Bonchev–Trinajstić information content (AvgIpc) is 2.81. The van der Waals surface area contributed by atoms with Gasteiger partial charge >= 0.3 is 0 Å². The van der Waals surface area contributed by atoms with Gasteiger partial charge in [0.25, 0.3) is 5.91 Å². The standard InChI is InChI=1S/C26H28N2O3S/c1-2-17-31-24-16-7-6-15-23(24)25(29)28-26(32)27-21-13-8-14-22(19-21)30-18-9-12-20-10-4-3-5-11-20/h3-8,10-11,13-16,19H,2,9,12,17-18H2,1H3,(H2,27,28,29,32). The molecule has 0 saturated carbocycles. The van der Waals surface area contributed by atoms with Crippen LogP contribution >= 0.6 is 12.2 Å². The van der Waals surface area contributed by atoms with Gasteiger partial charge in [-0.05, 0) is 61.3 Å². The van der Waals surface area contributed by atoms with Crippen molar-refractivity contribution in [3.8, 4) is 11.5 Å². The lowest BCUT2D eigenvalue weighted by Crippen LogP contribution is -2.34. The van der Waals surface area contributed by atoms with Crippen LogP contribution in [0.1, 0.15) is 35.7 Å². The summed E-state index contributed by atoms with van der Waals surface area (Å²) in [4.78, 5) is 12.6. The Morgan fingerprint density at radius 1 is 0.906 bits per heavy atom. The maximum Gasteiger partial charge on any atom is 0.261 e. The van der Waals surface area contributed by atoms with Gasteiger partial charge in [0.15, 0.2) is 5.11 Å². The fraction of sp³-hybridized carbons (Fsp3) is 0.231. The number of anilines is 1. The number of amides is 1. The minimum Gasteiger partial charge on any atom is -0.494 e. The zero-order valence-electron chi connectivity index (χ0n) is 18.2. The predicted octanol–water partition coefficient (Wildman–Crippen LogP) is 5.61. The Balaban J connectivity index is 1.49. The Morgan fingerprint density at radius 2 is 1.69 bits per heavy atom. The van der Waals surface area contributed by atoms with Crippen molar-refractivity contribution >= 4 is 28.9 Å². The number of rotatable bonds is 10. The van der Waals surface area contributed by atoms with Crippen LogP contribution in [0.3, 0.4) is 0 Å². The molecule has 0 saturated heterocycles. The van der Waals surface area contributed by atoms with Gasteiger partial charge in [0.1, 0.15) is 11.5 Å². The van der Waals surface area contributed by atoms with E-state index in [2.05, 4.69) is 22.8 Å². The molecule has 0 spiro atoms. The van der Waals surface area contributed by atoms with Crippen LogP contribution < -0.4 is 20.1 Å². The summed E-state index contributed by atoms with van der Waals surface area (Å²) >= 11 is 5.32. The van der Waals surface area contributed by atoms with Gasteiger partial charge < -0.3 is 14.8 Å². The number of nitrogens with one attached hydrogen (secondary N) is 2. The van der Waals surface area contributed by atoms with Crippen LogP contribution in [0, 0.1) is 0 Å². The van der Waals surface area contributed by atoms with Gasteiger partial charge in [0.2, 0.25) is 0 Å². The highest BCUT2D eigenvalue weighted by Crippen LogP contribution is 2.19. The molecule has 0 aromatic heterocycles. The lowest BCUT2D eigenvalue weighted by molar-refractivity contribution is 0.0973. The average molecular weight is 449 g/mol. The summed E-state index contributed by atoms with van der Waals surface area (Å²) in [6, 6.07) is 25.0. The zero-order valence-corrected chi connectivity index (χ0v) is 19.0. The summed E-state index contributed by atoms with van der Waals surface area (Å²) in [6.07, 6.45) is 2.76. The van der Waals surface area contributed by atoms with Crippen LogP contribution in [0.15, 0.2) is 78.9 Å². The molecule has 0 heterocycles. The highest BCUT2D eigenvalue weighted by molar-refractivity contribution is 7.80. The first-order chi connectivity index (χ1) is 15.7. The van der Waals surface area contributed by atoms with Gasteiger partial charge in [-0.2, -0.15) is 0 Å². The van der Waals surface area contributed by atoms with Crippen molar-refractivity contribution in [2.45, 2.75) is 26.2 Å². The van der Waals surface area contributed by atoms with Crippen LogP contribution in [0.25, 0.3) is 0 Å². The molecule has 2 N–H and O–H groups in total. The predicted molar refractivity (Wildman–Crippen MR) is 133 cm³/mol. The molecule has 6 heteroatoms. The Bertz CT molecular complexity index is 1020. The maximum absolute atomic E-state index is 12.6. The van der Waals surface area contributed by atoms with Crippen molar-refractivity contribution in [3.63, 3.8) is 0 Å². The first-order valence-corrected chi connectivity index (χ1v) is 11.2. The Morgan fingerprint density at radius 3 is 2.50 bits per heavy atom. The summed E-state index contributed by atoms with van der Waals surface area (Å²) in [6.45, 7) is 3.18. The molecule has 0 radical (unpaired) electrons. The van der Waals surface area contributed by atoms with Crippen molar-refractivity contribution in [3.05, 3.63) is 90.0 Å². The van der Waals surface area contributed by atoms with Gasteiger partial charge in [-0.15, -0.1) is 0 Å². The molecule has 0 aliphatic heterocycles. The van der Waals surface area contributed by atoms with E-state index in [-0.39, 0.29) is 11.0 Å². The fourth-order valence-corrected chi connectivity index (χ4v) is 3.31. The minimum absolute atomic E-state index is 0.210. The van der Waals surface area contributed by atoms with Crippen LogP contribution in [0.4, 0.5) is 5.69 Å². The van der Waals surface area contributed by atoms with Crippen molar-refractivity contribution in [1.82, 2.24) is 5.32 Å². The summed E-state index contributed by atoms with van der Waals surface area (Å²) in [5.41, 5.74) is 2.49. The molecule has 5 nitrogen and oxygen atoms in total. The van der Waals surface area contributed by atoms with Gasteiger partial charge in [-0.3, -0.25) is 10.1 Å². The van der Waals surface area contributed by atoms with E-state index in [1.807, 2.05) is 55.5 Å². The molecule has 0 unspecified atom stereocenters. The van der Waals surface area contributed by atoms with Crippen molar-refractivity contribution in [2.24, 2.45) is 0 Å². The van der Waals surface area contributed by atoms with Crippen molar-refractivity contribution in [2.75, 3.05) is 18.5 Å². The lowest BCUT2D eigenvalue weighted by atomic mass is 10.1. The van der Waals surface area contributed by atoms with Gasteiger partial charge in [-0.25, -0.2) is 0 Å². The molecule has 3 rings (SSSR count). The fourth-order valence-electron chi connectivity index (χ4n) is 3.10. The number of carbonyl (C=O) groups is 1. The third kappa shape index (κ3) is 7.39. The highest BCUT2D eigenvalue weighted by Gasteiger charge is 2.13. The quantitative estimate of drug-likeness (QED) is 0.312. The summed E-state index contributed by atoms with van der Waals surface area (Å²) in [5, 5.41) is 5.96. The van der Waals surface area contributed by atoms with E-state index < -0.39 is 0 Å². The molecule has 166 valence electrons. The van der Waals surface area contributed by atoms with E-state index in [1.165, 1.54) is 5.56 Å². The van der Waals surface area contributed by atoms with E-state index in [0.717, 1.165) is 30.7 Å². The summed E-state index contributed by atoms with van der Waals surface area (Å²) < 4.78 is 11.5. The normalized spacial score (nSPS) is 10.3. The Hall–Kier alpha value is -3.38. The third-order valence-electron chi connectivity index (χ3n) is 4.63. The molecule has 0 aliphatic carbocycles. The zero-order chi connectivity index (χ0) is 22.6. The molecule has 0 bridgehead atoms. The molecule has 3 aromatic carbocycles. The molecular weight excluding hydrogens is 420 g/mol. The SMILES string of the molecule is CCCOc1ccccc1C(=O)NC(=S)Nc1cccc(OCCCc2ccccc2)c1. The lowest BCUT2D eigenvalue weighted by Gasteiger charge is -2.13. The van der Waals surface area contributed by atoms with E-state index in [9.17, 15) is 4.79 Å². The highest BCUT2D eigenvalue weighted by atomic mass is 32.1. The molecule has 32 heavy (non-hydrogen) atoms. The first kappa shape index (κ1) is 23.3. The molecule has 0 atom stereocenters. The molecule has 3 aromatic rings. The molecule has 1 amide bonds. The van der Waals surface area contributed by atoms with E-state index in [0.29, 0.717) is 24.5 Å². The van der Waals surface area contributed by atoms with Crippen LogP contribution in [-0.2, 0) is 6.42 Å². The molecule has 0 aliphatic rings. The number of benzene rings is 3. The number of para-hydroxylation sites is 1. The van der Waals surface area contributed by atoms with E-state index in [1.54, 1.807) is 18.2 Å². The largest absolute Gasteiger partial charge is 0.494 e. The van der Waals surface area contributed by atoms with Gasteiger partial charge in [0.05, 0.1) is 18.8 Å². The second kappa shape index (κ2) is 12.5. The third-order valence-corrected chi connectivity index (χ3v) is 4.84. The Labute approximate surface area is 194 Å². The van der Waals surface area contributed by atoms with Crippen LogP contribution in [0.5, 0.6) is 11.5 Å². The second-order valence-corrected chi connectivity index (χ2v) is 7.63. The number of ether oxygens (including phenoxy) is 2. The van der Waals surface area contributed by atoms with Gasteiger partial charge in [-0.1, -0.05) is 55.5 Å². The first-order valence-electron chi connectivity index (χ1n) is 10.8. The topological polar surface area (TPSA) is 59.6 Å². The Kier molecular flexibility index (Phi) is 9.07. The van der Waals surface area contributed by atoms with E-state index in [4.69, 9.17) is 21.7 Å². The van der Waals surface area contributed by atoms with Crippen LogP contribution in [0.2, 0.25) is 0 Å². The van der Waals surface area contributed by atoms with Gasteiger partial charge in [0, 0.05) is 11.8 Å². The van der Waals surface area contributed by atoms with Crippen molar-refractivity contribution < 1.29 is 14.3 Å². The number of hydrogen-bond donors (Lipinski definition) is 2. The summed E-state index contributed by atoms with van der Waals surface area (Å²) in [5.74, 6) is 0.971. The van der Waals surface area contributed by atoms with Crippen molar-refractivity contribution in [1.29, 1.82) is 0 Å². The van der Waals surface area contributed by atoms with Crippen LogP contribution in [-0.4, -0.2) is 24.2 Å². The second-order valence-electron chi connectivity index (χ2n) is 7.22. The number of carbonyl (C=O) groups excluding carboxylic acids is 1. The maximum atomic E-state index is 12.6. The monoisotopic (exact) mass is 448 g/mol. The molecular formula is C26H28N2O3S. The summed E-state index contributed by atoms with van der Waals surface area (Å²) in [7, 11) is 0. The number of thiocarbonyl (C=S) groups is 1. The number of hydrogen-bond acceptors (Lipinski definition) is 4. The minimum atomic E-state index is -0.317. The van der Waals surface area contributed by atoms with E-state index >= 15 is 0 Å².